The zero-order valence-electron chi connectivity index (χ0n) is 12.9. The normalized spacial score (nSPS) is 25.2. The highest BCUT2D eigenvalue weighted by Crippen LogP contribution is 2.42. The van der Waals surface area contributed by atoms with E-state index in [1.165, 1.54) is 25.8 Å². The molecule has 4 heteroatoms. The molecule has 1 rings (SSSR count). The van der Waals surface area contributed by atoms with Crippen LogP contribution in [0.1, 0.15) is 53.4 Å². The van der Waals surface area contributed by atoms with Gasteiger partial charge in [-0.1, -0.05) is 36.7 Å². The summed E-state index contributed by atoms with van der Waals surface area (Å²) in [5.41, 5.74) is 0. The van der Waals surface area contributed by atoms with E-state index in [-0.39, 0.29) is 9.55 Å². The lowest BCUT2D eigenvalue weighted by atomic mass is 10.1. The standard InChI is InChI=1S/C14H30BrNOSi/c1-13(2,3)18(5,6)17-14(4,15)10-9-12-8-7-11-16-12/h12,16H,7-11H2,1-6H3. The molecule has 0 radical (unpaired) electrons. The van der Waals surface area contributed by atoms with Crippen LogP contribution in [-0.4, -0.2) is 25.4 Å². The smallest absolute Gasteiger partial charge is 0.193 e. The van der Waals surface area contributed by atoms with Crippen molar-refractivity contribution in [3.63, 3.8) is 0 Å². The first-order valence-corrected chi connectivity index (χ1v) is 10.9. The van der Waals surface area contributed by atoms with E-state index in [0.717, 1.165) is 6.42 Å². The minimum atomic E-state index is -1.68. The SMILES string of the molecule is CC(Br)(CCC1CCCN1)O[Si](C)(C)C(C)(C)C. The van der Waals surface area contributed by atoms with E-state index in [1.54, 1.807) is 0 Å². The monoisotopic (exact) mass is 335 g/mol. The Morgan fingerprint density at radius 3 is 2.33 bits per heavy atom. The van der Waals surface area contributed by atoms with E-state index in [1.807, 2.05) is 0 Å². The van der Waals surface area contributed by atoms with Crippen LogP contribution in [0.25, 0.3) is 0 Å². The molecule has 1 N–H and O–H groups in total. The van der Waals surface area contributed by atoms with E-state index in [4.69, 9.17) is 4.43 Å². The average Bonchev–Trinajstić information content (AvgIpc) is 2.63. The molecule has 0 aromatic heterocycles. The van der Waals surface area contributed by atoms with Gasteiger partial charge >= 0.3 is 0 Å². The average molecular weight is 336 g/mol. The summed E-state index contributed by atoms with van der Waals surface area (Å²) in [5.74, 6) is 0. The van der Waals surface area contributed by atoms with Crippen molar-refractivity contribution < 1.29 is 4.43 Å². The van der Waals surface area contributed by atoms with Crippen molar-refractivity contribution >= 4 is 24.2 Å². The number of halogens is 1. The van der Waals surface area contributed by atoms with E-state index in [0.29, 0.717) is 6.04 Å². The lowest BCUT2D eigenvalue weighted by Gasteiger charge is -2.42. The van der Waals surface area contributed by atoms with E-state index >= 15 is 0 Å². The van der Waals surface area contributed by atoms with Gasteiger partial charge in [0.05, 0.1) is 0 Å². The van der Waals surface area contributed by atoms with Crippen LogP contribution < -0.4 is 5.32 Å². The lowest BCUT2D eigenvalue weighted by Crippen LogP contribution is -2.46. The molecule has 0 saturated carbocycles. The fourth-order valence-electron chi connectivity index (χ4n) is 2.17. The molecule has 0 aromatic rings. The molecule has 0 bridgehead atoms. The fraction of sp³-hybridized carbons (Fsp3) is 1.00. The molecule has 1 heterocycles. The second kappa shape index (κ2) is 5.94. The summed E-state index contributed by atoms with van der Waals surface area (Å²) in [6.45, 7) is 14.9. The highest BCUT2D eigenvalue weighted by molar-refractivity contribution is 9.10. The Hall–Kier alpha value is 0.617. The number of rotatable bonds is 5. The molecule has 0 spiro atoms. The molecule has 0 amide bonds. The number of alkyl halides is 1. The van der Waals surface area contributed by atoms with Crippen LogP contribution in [0.5, 0.6) is 0 Å². The lowest BCUT2D eigenvalue weighted by molar-refractivity contribution is 0.156. The highest BCUT2D eigenvalue weighted by Gasteiger charge is 2.42. The third-order valence-corrected chi connectivity index (χ3v) is 9.81. The number of nitrogens with one attached hydrogen (secondary N) is 1. The first-order chi connectivity index (χ1) is 8.04. The Morgan fingerprint density at radius 1 is 1.28 bits per heavy atom. The third kappa shape index (κ3) is 4.95. The Bertz CT molecular complexity index is 267. The Labute approximate surface area is 123 Å². The van der Waals surface area contributed by atoms with Crippen molar-refractivity contribution in [3.8, 4) is 0 Å². The van der Waals surface area contributed by atoms with Gasteiger partial charge in [0.2, 0.25) is 0 Å². The Morgan fingerprint density at radius 2 is 1.89 bits per heavy atom. The molecule has 2 atom stereocenters. The first-order valence-electron chi connectivity index (χ1n) is 7.16. The largest absolute Gasteiger partial charge is 0.402 e. The van der Waals surface area contributed by atoms with Crippen LogP contribution in [0.2, 0.25) is 18.1 Å². The van der Waals surface area contributed by atoms with Crippen molar-refractivity contribution in [2.75, 3.05) is 6.54 Å². The molecule has 1 fully saturated rings. The molecule has 2 nitrogen and oxygen atoms in total. The molecule has 2 unspecified atom stereocenters. The molecule has 0 aromatic carbocycles. The summed E-state index contributed by atoms with van der Waals surface area (Å²) in [6, 6.07) is 0.699. The summed E-state index contributed by atoms with van der Waals surface area (Å²) < 4.78 is 6.31. The van der Waals surface area contributed by atoms with Crippen molar-refractivity contribution in [2.45, 2.75) is 82.1 Å². The molecular weight excluding hydrogens is 306 g/mol. The van der Waals surface area contributed by atoms with Crippen LogP contribution in [0.4, 0.5) is 0 Å². The quantitative estimate of drug-likeness (QED) is 0.583. The minimum absolute atomic E-state index is 0.166. The van der Waals surface area contributed by atoms with Gasteiger partial charge in [-0.2, -0.15) is 0 Å². The molecule has 0 aliphatic carbocycles. The van der Waals surface area contributed by atoms with Gasteiger partial charge in [0, 0.05) is 6.04 Å². The summed E-state index contributed by atoms with van der Waals surface area (Å²) >= 11 is 3.80. The highest BCUT2D eigenvalue weighted by atomic mass is 79.9. The van der Waals surface area contributed by atoms with Gasteiger partial charge in [-0.3, -0.25) is 0 Å². The summed E-state index contributed by atoms with van der Waals surface area (Å²) in [5, 5.41) is 3.83. The van der Waals surface area contributed by atoms with Crippen molar-refractivity contribution in [2.24, 2.45) is 0 Å². The summed E-state index contributed by atoms with van der Waals surface area (Å²) in [4.78, 5) is 0. The molecular formula is C14H30BrNOSi. The van der Waals surface area contributed by atoms with Gasteiger partial charge in [0.15, 0.2) is 8.32 Å². The topological polar surface area (TPSA) is 21.3 Å². The minimum Gasteiger partial charge on any atom is -0.402 e. The molecule has 18 heavy (non-hydrogen) atoms. The van der Waals surface area contributed by atoms with E-state index < -0.39 is 8.32 Å². The van der Waals surface area contributed by atoms with Gasteiger partial charge in [-0.15, -0.1) is 0 Å². The van der Waals surface area contributed by atoms with Crippen LogP contribution in [0.3, 0.4) is 0 Å². The predicted octanol–water partition coefficient (Wildman–Crippen LogP) is 4.65. The van der Waals surface area contributed by atoms with Gasteiger partial charge in [-0.25, -0.2) is 0 Å². The zero-order chi connectivity index (χ0) is 14.0. The van der Waals surface area contributed by atoms with Gasteiger partial charge in [-0.05, 0) is 57.3 Å². The van der Waals surface area contributed by atoms with Gasteiger partial charge in [0.1, 0.15) is 4.51 Å². The third-order valence-electron chi connectivity index (χ3n) is 4.38. The predicted molar refractivity (Wildman–Crippen MR) is 85.9 cm³/mol. The molecule has 1 saturated heterocycles. The summed E-state index contributed by atoms with van der Waals surface area (Å²) in [6.07, 6.45) is 4.93. The number of hydrogen-bond acceptors (Lipinski definition) is 2. The van der Waals surface area contributed by atoms with Crippen molar-refractivity contribution in [1.29, 1.82) is 0 Å². The van der Waals surface area contributed by atoms with E-state index in [9.17, 15) is 0 Å². The maximum atomic E-state index is 6.48. The number of hydrogen-bond donors (Lipinski definition) is 1. The molecule has 1 aliphatic rings. The van der Waals surface area contributed by atoms with Gasteiger partial charge < -0.3 is 9.74 Å². The van der Waals surface area contributed by atoms with Crippen LogP contribution in [-0.2, 0) is 4.43 Å². The van der Waals surface area contributed by atoms with Crippen molar-refractivity contribution in [1.82, 2.24) is 5.32 Å². The summed E-state index contributed by atoms with van der Waals surface area (Å²) in [7, 11) is -1.68. The second-order valence-corrected chi connectivity index (χ2v) is 13.7. The fourth-order valence-corrected chi connectivity index (χ4v) is 5.09. The van der Waals surface area contributed by atoms with Crippen molar-refractivity contribution in [3.05, 3.63) is 0 Å². The van der Waals surface area contributed by atoms with Gasteiger partial charge in [0.25, 0.3) is 0 Å². The molecule has 108 valence electrons. The van der Waals surface area contributed by atoms with Crippen LogP contribution >= 0.6 is 15.9 Å². The second-order valence-electron chi connectivity index (χ2n) is 7.30. The van der Waals surface area contributed by atoms with Crippen LogP contribution in [0, 0.1) is 0 Å². The maximum Gasteiger partial charge on any atom is 0.193 e. The Balaban J connectivity index is 2.47. The zero-order valence-corrected chi connectivity index (χ0v) is 15.5. The van der Waals surface area contributed by atoms with Crippen LogP contribution in [0.15, 0.2) is 0 Å². The first kappa shape index (κ1) is 16.7. The van der Waals surface area contributed by atoms with E-state index in [2.05, 4.69) is 62.0 Å². The maximum absolute atomic E-state index is 6.48. The Kier molecular flexibility index (Phi) is 5.50. The molecule has 1 aliphatic heterocycles.